The zero-order valence-electron chi connectivity index (χ0n) is 14.4. The predicted octanol–water partition coefficient (Wildman–Crippen LogP) is 2.86. The van der Waals surface area contributed by atoms with Gasteiger partial charge in [-0.2, -0.15) is 5.10 Å². The SMILES string of the molecule is CCNC(Cc1ccn(C2CCCC2)n1)C(C)(C)N(C)C. The van der Waals surface area contributed by atoms with E-state index in [0.717, 1.165) is 13.0 Å². The minimum atomic E-state index is 0.104. The fourth-order valence-corrected chi connectivity index (χ4v) is 3.20. The van der Waals surface area contributed by atoms with Crippen LogP contribution in [-0.4, -0.2) is 46.9 Å². The first kappa shape index (κ1) is 16.5. The van der Waals surface area contributed by atoms with E-state index in [1.54, 1.807) is 0 Å². The molecule has 1 unspecified atom stereocenters. The van der Waals surface area contributed by atoms with E-state index in [-0.39, 0.29) is 5.54 Å². The van der Waals surface area contributed by atoms with Crippen molar-refractivity contribution in [1.82, 2.24) is 20.0 Å². The van der Waals surface area contributed by atoms with Crippen molar-refractivity contribution in [1.29, 1.82) is 0 Å². The lowest BCUT2D eigenvalue weighted by Crippen LogP contribution is -2.56. The summed E-state index contributed by atoms with van der Waals surface area (Å²) in [6, 6.07) is 3.25. The lowest BCUT2D eigenvalue weighted by molar-refractivity contribution is 0.137. The second-order valence-corrected chi connectivity index (χ2v) is 7.09. The van der Waals surface area contributed by atoms with Crippen LogP contribution in [0, 0.1) is 0 Å². The smallest absolute Gasteiger partial charge is 0.0640 e. The summed E-state index contributed by atoms with van der Waals surface area (Å²) in [5.74, 6) is 0. The normalized spacial score (nSPS) is 18.6. The fourth-order valence-electron chi connectivity index (χ4n) is 3.20. The molecular weight excluding hydrogens is 260 g/mol. The van der Waals surface area contributed by atoms with Gasteiger partial charge in [-0.15, -0.1) is 0 Å². The quantitative estimate of drug-likeness (QED) is 0.839. The lowest BCUT2D eigenvalue weighted by Gasteiger charge is -2.40. The summed E-state index contributed by atoms with van der Waals surface area (Å²) in [7, 11) is 4.31. The number of hydrogen-bond acceptors (Lipinski definition) is 3. The summed E-state index contributed by atoms with van der Waals surface area (Å²) in [5, 5.41) is 8.49. The fraction of sp³-hybridized carbons (Fsp3) is 0.824. The Labute approximate surface area is 129 Å². The van der Waals surface area contributed by atoms with E-state index in [1.807, 2.05) is 0 Å². The van der Waals surface area contributed by atoms with E-state index in [9.17, 15) is 0 Å². The molecule has 0 bridgehead atoms. The molecule has 0 saturated heterocycles. The largest absolute Gasteiger partial charge is 0.312 e. The van der Waals surface area contributed by atoms with Gasteiger partial charge in [-0.3, -0.25) is 4.68 Å². The first-order valence-corrected chi connectivity index (χ1v) is 8.40. The zero-order chi connectivity index (χ0) is 15.5. The Morgan fingerprint density at radius 3 is 2.62 bits per heavy atom. The van der Waals surface area contributed by atoms with Crippen LogP contribution < -0.4 is 5.32 Å². The van der Waals surface area contributed by atoms with Crippen molar-refractivity contribution in [2.24, 2.45) is 0 Å². The molecule has 1 aromatic rings. The summed E-state index contributed by atoms with van der Waals surface area (Å²) in [6.45, 7) is 7.77. The Kier molecular flexibility index (Phi) is 5.44. The maximum absolute atomic E-state index is 4.85. The topological polar surface area (TPSA) is 33.1 Å². The molecule has 1 atom stereocenters. The minimum Gasteiger partial charge on any atom is -0.312 e. The minimum absolute atomic E-state index is 0.104. The zero-order valence-corrected chi connectivity index (χ0v) is 14.4. The maximum atomic E-state index is 4.85. The van der Waals surface area contributed by atoms with Crippen LogP contribution in [0.25, 0.3) is 0 Å². The van der Waals surface area contributed by atoms with Crippen LogP contribution in [0.5, 0.6) is 0 Å². The first-order valence-electron chi connectivity index (χ1n) is 8.40. The van der Waals surface area contributed by atoms with E-state index in [0.29, 0.717) is 12.1 Å². The lowest BCUT2D eigenvalue weighted by atomic mass is 9.89. The molecule has 4 nitrogen and oxygen atoms in total. The van der Waals surface area contributed by atoms with E-state index in [1.165, 1.54) is 31.4 Å². The molecule has 1 N–H and O–H groups in total. The van der Waals surface area contributed by atoms with Gasteiger partial charge >= 0.3 is 0 Å². The van der Waals surface area contributed by atoms with E-state index < -0.39 is 0 Å². The highest BCUT2D eigenvalue weighted by atomic mass is 15.3. The summed E-state index contributed by atoms with van der Waals surface area (Å²) < 4.78 is 2.20. The van der Waals surface area contributed by atoms with Gasteiger partial charge in [-0.1, -0.05) is 19.8 Å². The van der Waals surface area contributed by atoms with Crippen molar-refractivity contribution >= 4 is 0 Å². The summed E-state index contributed by atoms with van der Waals surface area (Å²) in [5.41, 5.74) is 1.32. The van der Waals surface area contributed by atoms with Crippen molar-refractivity contribution in [3.05, 3.63) is 18.0 Å². The third-order valence-corrected chi connectivity index (χ3v) is 5.23. The molecule has 1 saturated carbocycles. The molecule has 4 heteroatoms. The molecular formula is C17H32N4. The Hall–Kier alpha value is -0.870. The first-order chi connectivity index (χ1) is 9.95. The molecule has 0 aromatic carbocycles. The average Bonchev–Trinajstić information content (AvgIpc) is 3.08. The van der Waals surface area contributed by atoms with Crippen LogP contribution in [0.15, 0.2) is 12.3 Å². The molecule has 1 aromatic heterocycles. The molecule has 120 valence electrons. The van der Waals surface area contributed by atoms with E-state index in [4.69, 9.17) is 5.10 Å². The number of nitrogens with zero attached hydrogens (tertiary/aromatic N) is 3. The highest BCUT2D eigenvalue weighted by Gasteiger charge is 2.31. The van der Waals surface area contributed by atoms with Crippen LogP contribution >= 0.6 is 0 Å². The number of hydrogen-bond donors (Lipinski definition) is 1. The van der Waals surface area contributed by atoms with Crippen molar-refractivity contribution < 1.29 is 0 Å². The van der Waals surface area contributed by atoms with Crippen LogP contribution in [0.1, 0.15) is 58.2 Å². The third-order valence-electron chi connectivity index (χ3n) is 5.23. The van der Waals surface area contributed by atoms with E-state index in [2.05, 4.69) is 62.0 Å². The molecule has 0 aliphatic heterocycles. The van der Waals surface area contributed by atoms with Crippen LogP contribution in [0.3, 0.4) is 0 Å². The Bertz CT molecular complexity index is 430. The molecule has 1 aliphatic rings. The van der Waals surface area contributed by atoms with Crippen LogP contribution in [0.4, 0.5) is 0 Å². The van der Waals surface area contributed by atoms with Gasteiger partial charge in [0, 0.05) is 24.2 Å². The second-order valence-electron chi connectivity index (χ2n) is 7.09. The Morgan fingerprint density at radius 1 is 1.38 bits per heavy atom. The number of aromatic nitrogens is 2. The molecule has 1 aliphatic carbocycles. The standard InChI is InChI=1S/C17H32N4/c1-6-18-16(17(2,3)20(4)5)13-14-11-12-21(19-14)15-9-7-8-10-15/h11-12,15-16,18H,6-10,13H2,1-5H3. The number of likely N-dealkylation sites (N-methyl/N-ethyl adjacent to an activating group) is 2. The maximum Gasteiger partial charge on any atom is 0.0640 e. The van der Waals surface area contributed by atoms with Crippen molar-refractivity contribution in [3.63, 3.8) is 0 Å². The number of rotatable bonds is 7. The van der Waals surface area contributed by atoms with Gasteiger partial charge in [0.2, 0.25) is 0 Å². The van der Waals surface area contributed by atoms with Crippen molar-refractivity contribution in [3.8, 4) is 0 Å². The predicted molar refractivity (Wildman–Crippen MR) is 88.7 cm³/mol. The van der Waals surface area contributed by atoms with E-state index >= 15 is 0 Å². The van der Waals surface area contributed by atoms with Crippen molar-refractivity contribution in [2.75, 3.05) is 20.6 Å². The Balaban J connectivity index is 2.06. The molecule has 1 heterocycles. The molecule has 0 amide bonds. The van der Waals surface area contributed by atoms with Crippen LogP contribution in [-0.2, 0) is 6.42 Å². The van der Waals surface area contributed by atoms with Gasteiger partial charge in [0.05, 0.1) is 11.7 Å². The monoisotopic (exact) mass is 292 g/mol. The molecule has 2 rings (SSSR count). The van der Waals surface area contributed by atoms with Gasteiger partial charge in [0.15, 0.2) is 0 Å². The van der Waals surface area contributed by atoms with Gasteiger partial charge < -0.3 is 10.2 Å². The van der Waals surface area contributed by atoms with Crippen LogP contribution in [0.2, 0.25) is 0 Å². The summed E-state index contributed by atoms with van der Waals surface area (Å²) in [6.07, 6.45) is 8.46. The second kappa shape index (κ2) is 6.93. The van der Waals surface area contributed by atoms with Gasteiger partial charge in [-0.25, -0.2) is 0 Å². The Morgan fingerprint density at radius 2 is 2.05 bits per heavy atom. The third kappa shape index (κ3) is 3.86. The summed E-state index contributed by atoms with van der Waals surface area (Å²) in [4.78, 5) is 2.30. The highest BCUT2D eigenvalue weighted by molar-refractivity contribution is 5.06. The molecule has 0 radical (unpaired) electrons. The van der Waals surface area contributed by atoms with Crippen molar-refractivity contribution in [2.45, 2.75) is 70.5 Å². The average molecular weight is 292 g/mol. The van der Waals surface area contributed by atoms with Gasteiger partial charge in [-0.05, 0) is 53.4 Å². The highest BCUT2D eigenvalue weighted by Crippen LogP contribution is 2.29. The molecule has 0 spiro atoms. The van der Waals surface area contributed by atoms with Gasteiger partial charge in [0.1, 0.15) is 0 Å². The number of nitrogens with one attached hydrogen (secondary N) is 1. The van der Waals surface area contributed by atoms with Gasteiger partial charge in [0.25, 0.3) is 0 Å². The molecule has 1 fully saturated rings. The summed E-state index contributed by atoms with van der Waals surface area (Å²) >= 11 is 0. The molecule has 21 heavy (non-hydrogen) atoms.